The van der Waals surface area contributed by atoms with Crippen LogP contribution in [-0.4, -0.2) is 47.0 Å². The summed E-state index contributed by atoms with van der Waals surface area (Å²) in [6.45, 7) is 5.18. The second-order valence-electron chi connectivity index (χ2n) is 9.61. The Labute approximate surface area is 234 Å². The monoisotopic (exact) mass is 550 g/mol. The van der Waals surface area contributed by atoms with E-state index in [1.54, 1.807) is 11.8 Å². The molecule has 0 unspecified atom stereocenters. The molecule has 1 aliphatic heterocycles. The highest BCUT2D eigenvalue weighted by Crippen LogP contribution is 2.42. The molecule has 0 aromatic heterocycles. The predicted octanol–water partition coefficient (Wildman–Crippen LogP) is 5.18. The van der Waals surface area contributed by atoms with Gasteiger partial charge in [-0.3, -0.25) is 0 Å². The lowest BCUT2D eigenvalue weighted by Crippen LogP contribution is -2.38. The highest BCUT2D eigenvalue weighted by atomic mass is 32.2. The molecule has 0 spiro atoms. The maximum absolute atomic E-state index is 11.9. The SMILES string of the molecule is CCNC(=O)NCc1ccccc1-c1ccc([C@@H]2O[C@H](CSCCO)[C@H](C)[C@H](c3ccc(CO)cc3)O2)cc1. The van der Waals surface area contributed by atoms with Gasteiger partial charge in [-0.05, 0) is 34.7 Å². The summed E-state index contributed by atoms with van der Waals surface area (Å²) < 4.78 is 13.0. The Bertz CT molecular complexity index is 1190. The van der Waals surface area contributed by atoms with Crippen LogP contribution in [0.3, 0.4) is 0 Å². The number of carbonyl (C=O) groups is 1. The number of hydrogen-bond donors (Lipinski definition) is 4. The summed E-state index contributed by atoms with van der Waals surface area (Å²) in [6.07, 6.45) is -0.757. The molecule has 39 heavy (non-hydrogen) atoms. The van der Waals surface area contributed by atoms with Crippen LogP contribution in [0.25, 0.3) is 11.1 Å². The highest BCUT2D eigenvalue weighted by Gasteiger charge is 2.38. The van der Waals surface area contributed by atoms with Gasteiger partial charge in [0, 0.05) is 36.1 Å². The Morgan fingerprint density at radius 2 is 1.64 bits per heavy atom. The first-order valence-electron chi connectivity index (χ1n) is 13.4. The first kappa shape index (κ1) is 29.1. The molecule has 0 bridgehead atoms. The lowest BCUT2D eigenvalue weighted by atomic mass is 9.91. The summed E-state index contributed by atoms with van der Waals surface area (Å²) in [4.78, 5) is 11.9. The number of hydrogen-bond acceptors (Lipinski definition) is 6. The van der Waals surface area contributed by atoms with E-state index < -0.39 is 6.29 Å². The highest BCUT2D eigenvalue weighted by molar-refractivity contribution is 7.99. The van der Waals surface area contributed by atoms with E-state index in [9.17, 15) is 15.0 Å². The van der Waals surface area contributed by atoms with Crippen LogP contribution >= 0.6 is 11.8 Å². The number of thioether (sulfide) groups is 1. The number of aliphatic hydroxyl groups excluding tert-OH is 2. The van der Waals surface area contributed by atoms with Crippen molar-refractivity contribution in [1.29, 1.82) is 0 Å². The molecular formula is C31H38N2O5S. The maximum Gasteiger partial charge on any atom is 0.315 e. The topological polar surface area (TPSA) is 100 Å². The zero-order valence-corrected chi connectivity index (χ0v) is 23.3. The summed E-state index contributed by atoms with van der Waals surface area (Å²) in [7, 11) is 0. The van der Waals surface area contributed by atoms with E-state index in [-0.39, 0.29) is 37.4 Å². The maximum atomic E-state index is 11.9. The van der Waals surface area contributed by atoms with Crippen molar-refractivity contribution in [1.82, 2.24) is 10.6 Å². The number of rotatable bonds is 11. The number of nitrogens with one attached hydrogen (secondary N) is 2. The minimum atomic E-state index is -0.535. The fourth-order valence-corrected chi connectivity index (χ4v) is 5.66. The van der Waals surface area contributed by atoms with Crippen LogP contribution in [0.4, 0.5) is 4.79 Å². The van der Waals surface area contributed by atoms with E-state index in [1.165, 1.54) is 0 Å². The van der Waals surface area contributed by atoms with Crippen molar-refractivity contribution in [3.63, 3.8) is 0 Å². The van der Waals surface area contributed by atoms with Gasteiger partial charge in [-0.1, -0.05) is 79.7 Å². The summed E-state index contributed by atoms with van der Waals surface area (Å²) in [5.74, 6) is 1.53. The van der Waals surface area contributed by atoms with Gasteiger partial charge in [0.15, 0.2) is 6.29 Å². The summed E-state index contributed by atoms with van der Waals surface area (Å²) in [5, 5.41) is 24.4. The molecule has 4 rings (SSSR count). The van der Waals surface area contributed by atoms with Crippen molar-refractivity contribution in [2.75, 3.05) is 24.7 Å². The Morgan fingerprint density at radius 1 is 0.923 bits per heavy atom. The number of benzene rings is 3. The predicted molar refractivity (Wildman–Crippen MR) is 155 cm³/mol. The second kappa shape index (κ2) is 14.5. The quantitative estimate of drug-likeness (QED) is 0.246. The van der Waals surface area contributed by atoms with Crippen molar-refractivity contribution in [3.8, 4) is 11.1 Å². The Hall–Kier alpha value is -2.88. The average molecular weight is 551 g/mol. The Kier molecular flexibility index (Phi) is 10.8. The summed E-state index contributed by atoms with van der Waals surface area (Å²) >= 11 is 1.68. The van der Waals surface area contributed by atoms with Crippen LogP contribution in [0.5, 0.6) is 0 Å². The molecule has 1 heterocycles. The van der Waals surface area contributed by atoms with Crippen LogP contribution in [0.15, 0.2) is 72.8 Å². The van der Waals surface area contributed by atoms with Crippen molar-refractivity contribution in [2.24, 2.45) is 5.92 Å². The fraction of sp³-hybridized carbons (Fsp3) is 0.387. The first-order valence-corrected chi connectivity index (χ1v) is 14.6. The third-order valence-corrected chi connectivity index (χ3v) is 7.96. The van der Waals surface area contributed by atoms with E-state index in [2.05, 4.69) is 35.8 Å². The molecule has 8 heteroatoms. The molecule has 3 aromatic carbocycles. The molecule has 0 radical (unpaired) electrons. The largest absolute Gasteiger partial charge is 0.396 e. The van der Waals surface area contributed by atoms with Crippen LogP contribution in [0.2, 0.25) is 0 Å². The Morgan fingerprint density at radius 3 is 2.33 bits per heavy atom. The van der Waals surface area contributed by atoms with Crippen molar-refractivity contribution in [2.45, 2.75) is 45.5 Å². The number of amides is 2. The summed E-state index contributed by atoms with van der Waals surface area (Å²) in [5.41, 5.74) is 5.97. The lowest BCUT2D eigenvalue weighted by molar-refractivity contribution is -0.268. The molecule has 4 atom stereocenters. The van der Waals surface area contributed by atoms with E-state index >= 15 is 0 Å². The third kappa shape index (κ3) is 7.62. The van der Waals surface area contributed by atoms with Gasteiger partial charge in [0.1, 0.15) is 0 Å². The van der Waals surface area contributed by atoms with E-state index in [0.29, 0.717) is 18.8 Å². The van der Waals surface area contributed by atoms with Gasteiger partial charge < -0.3 is 30.3 Å². The zero-order chi connectivity index (χ0) is 27.6. The van der Waals surface area contributed by atoms with Gasteiger partial charge in [-0.15, -0.1) is 0 Å². The molecule has 1 aliphatic rings. The van der Waals surface area contributed by atoms with Crippen molar-refractivity contribution in [3.05, 3.63) is 95.1 Å². The molecule has 2 amide bonds. The number of ether oxygens (including phenoxy) is 2. The molecule has 1 saturated heterocycles. The second-order valence-corrected chi connectivity index (χ2v) is 10.8. The molecule has 208 valence electrons. The van der Waals surface area contributed by atoms with E-state index in [4.69, 9.17) is 9.47 Å². The van der Waals surface area contributed by atoms with Gasteiger partial charge in [-0.25, -0.2) is 4.79 Å². The molecule has 4 N–H and O–H groups in total. The molecule has 7 nitrogen and oxygen atoms in total. The lowest BCUT2D eigenvalue weighted by Gasteiger charge is -2.41. The molecule has 0 saturated carbocycles. The van der Waals surface area contributed by atoms with Gasteiger partial charge in [0.2, 0.25) is 0 Å². The number of carbonyl (C=O) groups excluding carboxylic acids is 1. The van der Waals surface area contributed by atoms with Crippen LogP contribution in [-0.2, 0) is 22.6 Å². The van der Waals surface area contributed by atoms with E-state index in [1.807, 2.05) is 61.5 Å². The van der Waals surface area contributed by atoms with Crippen LogP contribution < -0.4 is 10.6 Å². The van der Waals surface area contributed by atoms with Crippen molar-refractivity contribution >= 4 is 17.8 Å². The zero-order valence-electron chi connectivity index (χ0n) is 22.5. The summed E-state index contributed by atoms with van der Waals surface area (Å²) in [6, 6.07) is 23.9. The number of aliphatic hydroxyl groups is 2. The first-order chi connectivity index (χ1) is 19.0. The van der Waals surface area contributed by atoms with Gasteiger partial charge in [0.25, 0.3) is 0 Å². The molecule has 3 aromatic rings. The van der Waals surface area contributed by atoms with E-state index in [0.717, 1.165) is 39.1 Å². The number of urea groups is 1. The normalized spacial score (nSPS) is 20.9. The molecule has 1 fully saturated rings. The standard InChI is InChI=1S/C31H38N2O5S/c1-3-32-31(36)33-18-26-6-4-5-7-27(26)23-12-14-25(15-13-23)30-37-28(20-39-17-16-34)21(2)29(38-30)24-10-8-22(19-35)9-11-24/h4-15,21,28-30,34-35H,3,16-20H2,1-2H3,(H2,32,33,36)/t21-,28+,29+,30+/m0/s1. The Balaban J connectivity index is 1.54. The molecule has 0 aliphatic carbocycles. The van der Waals surface area contributed by atoms with Crippen molar-refractivity contribution < 1.29 is 24.5 Å². The smallest absolute Gasteiger partial charge is 0.315 e. The third-order valence-electron chi connectivity index (χ3n) is 6.93. The van der Waals surface area contributed by atoms with Gasteiger partial charge >= 0.3 is 6.03 Å². The van der Waals surface area contributed by atoms with Gasteiger partial charge in [-0.2, -0.15) is 11.8 Å². The van der Waals surface area contributed by atoms with Gasteiger partial charge in [0.05, 0.1) is 25.4 Å². The fourth-order valence-electron chi connectivity index (χ4n) is 4.75. The molecular weight excluding hydrogens is 512 g/mol. The van der Waals surface area contributed by atoms with Crippen LogP contribution in [0.1, 0.15) is 48.5 Å². The van der Waals surface area contributed by atoms with Crippen LogP contribution in [0, 0.1) is 5.92 Å². The minimum Gasteiger partial charge on any atom is -0.396 e. The average Bonchev–Trinajstić information content (AvgIpc) is 2.97. The minimum absolute atomic E-state index is 0.00495.